The van der Waals surface area contributed by atoms with Crippen LogP contribution in [-0.4, -0.2) is 93.9 Å². The SMILES string of the molecule is Cc1ccc2c(c1)c(C(=O)N1CCN(c3ccc(C(=O)N(CCO)CCO)cn3)CC1)c(-c1ccccc1)n2C. The maximum absolute atomic E-state index is 14.1. The average Bonchev–Trinajstić information content (AvgIpc) is 3.28. The van der Waals surface area contributed by atoms with Gasteiger partial charge in [0.15, 0.2) is 0 Å². The highest BCUT2D eigenvalue weighted by Gasteiger charge is 2.29. The molecule has 3 heterocycles. The zero-order chi connectivity index (χ0) is 28.2. The number of fused-ring (bicyclic) bond motifs is 1. The van der Waals surface area contributed by atoms with Crippen LogP contribution in [0, 0.1) is 6.92 Å². The van der Waals surface area contributed by atoms with Crippen molar-refractivity contribution in [2.45, 2.75) is 6.92 Å². The van der Waals surface area contributed by atoms with E-state index >= 15 is 0 Å². The molecule has 0 atom stereocenters. The van der Waals surface area contributed by atoms with E-state index in [1.165, 1.54) is 11.1 Å². The summed E-state index contributed by atoms with van der Waals surface area (Å²) in [5, 5.41) is 19.4. The van der Waals surface area contributed by atoms with Crippen molar-refractivity contribution in [1.82, 2.24) is 19.4 Å². The van der Waals surface area contributed by atoms with E-state index in [0.29, 0.717) is 31.7 Å². The number of aliphatic hydroxyl groups excluding tert-OH is 2. The van der Waals surface area contributed by atoms with Gasteiger partial charge in [-0.15, -0.1) is 0 Å². The minimum Gasteiger partial charge on any atom is -0.395 e. The van der Waals surface area contributed by atoms with Crippen molar-refractivity contribution in [1.29, 1.82) is 0 Å². The Morgan fingerprint density at radius 3 is 2.25 bits per heavy atom. The predicted octanol–water partition coefficient (Wildman–Crippen LogP) is 2.94. The molecule has 1 aliphatic heterocycles. The number of hydrogen-bond donors (Lipinski definition) is 2. The molecule has 5 rings (SSSR count). The summed E-state index contributed by atoms with van der Waals surface area (Å²) in [7, 11) is 2.02. The molecule has 1 aliphatic rings. The third-order valence-corrected chi connectivity index (χ3v) is 7.53. The van der Waals surface area contributed by atoms with Crippen LogP contribution in [0.1, 0.15) is 26.3 Å². The molecule has 9 heteroatoms. The first-order valence-electron chi connectivity index (χ1n) is 13.6. The number of pyridine rings is 1. The maximum atomic E-state index is 14.1. The molecular weight excluding hydrogens is 506 g/mol. The molecule has 4 aromatic rings. The van der Waals surface area contributed by atoms with Crippen LogP contribution in [0.3, 0.4) is 0 Å². The number of anilines is 1. The first-order chi connectivity index (χ1) is 19.4. The Morgan fingerprint density at radius 2 is 1.62 bits per heavy atom. The van der Waals surface area contributed by atoms with Gasteiger partial charge < -0.3 is 29.5 Å². The van der Waals surface area contributed by atoms with Crippen molar-refractivity contribution in [3.8, 4) is 11.3 Å². The summed E-state index contributed by atoms with van der Waals surface area (Å²) >= 11 is 0. The molecule has 2 aromatic heterocycles. The molecule has 0 unspecified atom stereocenters. The van der Waals surface area contributed by atoms with Gasteiger partial charge in [0.05, 0.1) is 30.0 Å². The van der Waals surface area contributed by atoms with E-state index in [4.69, 9.17) is 0 Å². The van der Waals surface area contributed by atoms with Crippen molar-refractivity contribution in [2.24, 2.45) is 7.05 Å². The summed E-state index contributed by atoms with van der Waals surface area (Å²) < 4.78 is 2.11. The van der Waals surface area contributed by atoms with Crippen molar-refractivity contribution >= 4 is 28.5 Å². The smallest absolute Gasteiger partial charge is 0.256 e. The third-order valence-electron chi connectivity index (χ3n) is 7.53. The number of carbonyl (C=O) groups is 2. The van der Waals surface area contributed by atoms with Gasteiger partial charge >= 0.3 is 0 Å². The first-order valence-corrected chi connectivity index (χ1v) is 13.6. The molecule has 0 aliphatic carbocycles. The van der Waals surface area contributed by atoms with Gasteiger partial charge in [0, 0.05) is 63.4 Å². The van der Waals surface area contributed by atoms with Gasteiger partial charge in [0.1, 0.15) is 5.82 Å². The van der Waals surface area contributed by atoms with Gasteiger partial charge in [-0.2, -0.15) is 0 Å². The van der Waals surface area contributed by atoms with E-state index in [1.807, 2.05) is 55.3 Å². The van der Waals surface area contributed by atoms with Crippen molar-refractivity contribution in [3.05, 3.63) is 83.6 Å². The second-order valence-electron chi connectivity index (χ2n) is 10.1. The molecule has 0 saturated carbocycles. The summed E-state index contributed by atoms with van der Waals surface area (Å²) in [5.41, 5.74) is 5.21. The van der Waals surface area contributed by atoms with E-state index in [9.17, 15) is 19.8 Å². The van der Waals surface area contributed by atoms with E-state index in [-0.39, 0.29) is 38.1 Å². The molecule has 2 aromatic carbocycles. The lowest BCUT2D eigenvalue weighted by Gasteiger charge is -2.35. The molecule has 0 bridgehead atoms. The molecule has 0 radical (unpaired) electrons. The Bertz CT molecular complexity index is 1490. The number of aryl methyl sites for hydroxylation is 2. The van der Waals surface area contributed by atoms with Crippen LogP contribution in [0.2, 0.25) is 0 Å². The number of nitrogens with zero attached hydrogens (tertiary/aromatic N) is 5. The second kappa shape index (κ2) is 11.9. The molecule has 1 saturated heterocycles. The lowest BCUT2D eigenvalue weighted by Crippen LogP contribution is -2.49. The molecular formula is C31H35N5O4. The monoisotopic (exact) mass is 541 g/mol. The number of benzene rings is 2. The molecule has 0 spiro atoms. The van der Waals surface area contributed by atoms with Crippen LogP contribution in [-0.2, 0) is 7.05 Å². The average molecular weight is 542 g/mol. The molecule has 208 valence electrons. The largest absolute Gasteiger partial charge is 0.395 e. The van der Waals surface area contributed by atoms with Crippen LogP contribution in [0.15, 0.2) is 66.9 Å². The van der Waals surface area contributed by atoms with Crippen LogP contribution < -0.4 is 4.90 Å². The minimum atomic E-state index is -0.280. The highest BCUT2D eigenvalue weighted by Crippen LogP contribution is 2.35. The Balaban J connectivity index is 1.34. The molecule has 40 heavy (non-hydrogen) atoms. The zero-order valence-corrected chi connectivity index (χ0v) is 23.0. The van der Waals surface area contributed by atoms with Crippen molar-refractivity contribution in [2.75, 3.05) is 57.4 Å². The molecule has 2 N–H and O–H groups in total. The molecule has 1 fully saturated rings. The Morgan fingerprint density at radius 1 is 0.925 bits per heavy atom. The number of aliphatic hydroxyl groups is 2. The second-order valence-corrected chi connectivity index (χ2v) is 10.1. The number of piperazine rings is 1. The fourth-order valence-corrected chi connectivity index (χ4v) is 5.44. The minimum absolute atomic E-state index is 0.0245. The zero-order valence-electron chi connectivity index (χ0n) is 23.0. The highest BCUT2D eigenvalue weighted by atomic mass is 16.3. The van der Waals surface area contributed by atoms with E-state index < -0.39 is 0 Å². The number of hydrogen-bond acceptors (Lipinski definition) is 6. The van der Waals surface area contributed by atoms with Crippen LogP contribution in [0.4, 0.5) is 5.82 Å². The topological polar surface area (TPSA) is 102 Å². The number of amides is 2. The predicted molar refractivity (Wildman–Crippen MR) is 156 cm³/mol. The van der Waals surface area contributed by atoms with Crippen LogP contribution >= 0.6 is 0 Å². The Kier molecular flexibility index (Phi) is 8.14. The third kappa shape index (κ3) is 5.30. The fourth-order valence-electron chi connectivity index (χ4n) is 5.44. The normalized spacial score (nSPS) is 13.6. The lowest BCUT2D eigenvalue weighted by atomic mass is 10.0. The number of aromatic nitrogens is 2. The van der Waals surface area contributed by atoms with Gasteiger partial charge in [-0.3, -0.25) is 9.59 Å². The highest BCUT2D eigenvalue weighted by molar-refractivity contribution is 6.13. The van der Waals surface area contributed by atoms with Gasteiger partial charge in [-0.1, -0.05) is 42.0 Å². The van der Waals surface area contributed by atoms with Crippen molar-refractivity contribution in [3.63, 3.8) is 0 Å². The fraction of sp³-hybridized carbons (Fsp3) is 0.323. The standard InChI is InChI=1S/C31H35N5O4/c1-22-8-10-26-25(20-22)28(29(33(26)2)23-6-4-3-5-7-23)31(40)35-14-12-34(13-15-35)27-11-9-24(21-32-27)30(39)36(16-18-37)17-19-38/h3-11,20-21,37-38H,12-19H2,1-2H3. The van der Waals surface area contributed by atoms with Gasteiger partial charge in [0.2, 0.25) is 0 Å². The lowest BCUT2D eigenvalue weighted by molar-refractivity contribution is 0.0683. The summed E-state index contributed by atoms with van der Waals surface area (Å²) in [6.07, 6.45) is 1.53. The van der Waals surface area contributed by atoms with Gasteiger partial charge in [-0.05, 0) is 36.8 Å². The summed E-state index contributed by atoms with van der Waals surface area (Å²) in [6, 6.07) is 19.8. The van der Waals surface area contributed by atoms with Crippen molar-refractivity contribution < 1.29 is 19.8 Å². The van der Waals surface area contributed by atoms with E-state index in [1.54, 1.807) is 6.07 Å². The Labute approximate surface area is 233 Å². The summed E-state index contributed by atoms with van der Waals surface area (Å²) in [6.45, 7) is 4.35. The van der Waals surface area contributed by atoms with E-state index in [0.717, 1.165) is 39.1 Å². The maximum Gasteiger partial charge on any atom is 0.256 e. The quantitative estimate of drug-likeness (QED) is 0.356. The summed E-state index contributed by atoms with van der Waals surface area (Å²) in [5.74, 6) is 0.485. The Hall–Kier alpha value is -4.21. The molecule has 9 nitrogen and oxygen atoms in total. The van der Waals surface area contributed by atoms with E-state index in [2.05, 4.69) is 32.7 Å². The number of carbonyl (C=O) groups excluding carboxylic acids is 2. The van der Waals surface area contributed by atoms with Gasteiger partial charge in [0.25, 0.3) is 11.8 Å². The summed E-state index contributed by atoms with van der Waals surface area (Å²) in [4.78, 5) is 36.7. The van der Waals surface area contributed by atoms with Crippen LogP contribution in [0.5, 0.6) is 0 Å². The van der Waals surface area contributed by atoms with Gasteiger partial charge in [-0.25, -0.2) is 4.98 Å². The molecule has 2 amide bonds. The number of rotatable bonds is 8. The first kappa shape index (κ1) is 27.4. The van der Waals surface area contributed by atoms with Crippen LogP contribution in [0.25, 0.3) is 22.2 Å².